The number of hydrogen-bond acceptors (Lipinski definition) is 4. The fourth-order valence-electron chi connectivity index (χ4n) is 4.04. The van der Waals surface area contributed by atoms with Gasteiger partial charge >= 0.3 is 0 Å². The molecule has 0 N–H and O–H groups in total. The second-order valence-electron chi connectivity index (χ2n) is 7.42. The third-order valence-corrected chi connectivity index (χ3v) is 5.67. The zero-order valence-corrected chi connectivity index (χ0v) is 16.9. The first-order valence-corrected chi connectivity index (χ1v) is 9.78. The molecule has 0 bridgehead atoms. The van der Waals surface area contributed by atoms with Crippen LogP contribution in [0.4, 0.5) is 0 Å². The predicted octanol–water partition coefficient (Wildman–Crippen LogP) is 2.22. The van der Waals surface area contributed by atoms with Crippen molar-refractivity contribution in [3.63, 3.8) is 0 Å². The number of nitrogens with zero attached hydrogens (tertiary/aromatic N) is 5. The van der Waals surface area contributed by atoms with Gasteiger partial charge in [-0.15, -0.1) is 0 Å². The average Bonchev–Trinajstić information content (AvgIpc) is 3.23. The molecule has 3 rings (SSSR count). The normalized spacial score (nSPS) is 17.5. The molecule has 7 nitrogen and oxygen atoms in total. The minimum atomic E-state index is 0.234. The molecular formula is C20H31N5O2. The van der Waals surface area contributed by atoms with Crippen LogP contribution in [-0.2, 0) is 29.5 Å². The van der Waals surface area contributed by atoms with Gasteiger partial charge < -0.3 is 14.2 Å². The fraction of sp³-hybridized carbons (Fsp3) is 0.650. The monoisotopic (exact) mass is 373 g/mol. The number of amides is 1. The van der Waals surface area contributed by atoms with E-state index in [1.165, 1.54) is 5.56 Å². The van der Waals surface area contributed by atoms with E-state index in [-0.39, 0.29) is 5.91 Å². The second kappa shape index (κ2) is 8.69. The third-order valence-electron chi connectivity index (χ3n) is 5.67. The number of aromatic nitrogens is 4. The van der Waals surface area contributed by atoms with Crippen molar-refractivity contribution in [1.29, 1.82) is 0 Å². The zero-order valence-electron chi connectivity index (χ0n) is 16.9. The highest BCUT2D eigenvalue weighted by atomic mass is 16.5. The van der Waals surface area contributed by atoms with E-state index in [1.54, 1.807) is 7.11 Å². The Morgan fingerprint density at radius 1 is 1.37 bits per heavy atom. The van der Waals surface area contributed by atoms with Gasteiger partial charge in [-0.3, -0.25) is 9.48 Å². The molecule has 2 aromatic rings. The van der Waals surface area contributed by atoms with E-state index in [9.17, 15) is 4.79 Å². The van der Waals surface area contributed by atoms with Crippen LogP contribution in [0.1, 0.15) is 48.0 Å². The summed E-state index contributed by atoms with van der Waals surface area (Å²) in [5.41, 5.74) is 3.38. The Morgan fingerprint density at radius 3 is 2.89 bits per heavy atom. The maximum absolute atomic E-state index is 12.8. The molecule has 0 saturated carbocycles. The smallest absolute Gasteiger partial charge is 0.222 e. The van der Waals surface area contributed by atoms with Gasteiger partial charge in [-0.05, 0) is 38.7 Å². The van der Waals surface area contributed by atoms with Gasteiger partial charge in [-0.2, -0.15) is 5.10 Å². The van der Waals surface area contributed by atoms with E-state index in [4.69, 9.17) is 4.74 Å². The van der Waals surface area contributed by atoms with E-state index < -0.39 is 0 Å². The Morgan fingerprint density at radius 2 is 2.19 bits per heavy atom. The van der Waals surface area contributed by atoms with Gasteiger partial charge in [0.15, 0.2) is 0 Å². The Bertz CT molecular complexity index is 779. The van der Waals surface area contributed by atoms with Crippen LogP contribution in [-0.4, -0.2) is 56.9 Å². The van der Waals surface area contributed by atoms with Crippen molar-refractivity contribution >= 4 is 5.91 Å². The SMILES string of the molecule is COCCn1ccnc1C1CCCN(C(=O)CCc2c(C)nn(C)c2C)C1. The standard InChI is InChI=1S/C20H31N5O2/c1-15-18(16(2)23(3)22-15)7-8-19(26)25-10-5-6-17(14-25)20-21-9-11-24(20)12-13-27-4/h9,11,17H,5-8,10,12-14H2,1-4H3. The van der Waals surface area contributed by atoms with Crippen LogP contribution >= 0.6 is 0 Å². The van der Waals surface area contributed by atoms with Gasteiger partial charge in [0, 0.05) is 64.2 Å². The number of methoxy groups -OCH3 is 1. The van der Waals surface area contributed by atoms with Gasteiger partial charge in [0.2, 0.25) is 5.91 Å². The summed E-state index contributed by atoms with van der Waals surface area (Å²) in [5, 5.41) is 4.45. The quantitative estimate of drug-likeness (QED) is 0.746. The predicted molar refractivity (Wildman–Crippen MR) is 104 cm³/mol. The van der Waals surface area contributed by atoms with Gasteiger partial charge in [0.05, 0.1) is 12.3 Å². The van der Waals surface area contributed by atoms with Crippen LogP contribution in [0, 0.1) is 13.8 Å². The molecule has 1 amide bonds. The topological polar surface area (TPSA) is 65.2 Å². The van der Waals surface area contributed by atoms with Gasteiger partial charge in [0.1, 0.15) is 5.82 Å². The van der Waals surface area contributed by atoms with Gasteiger partial charge in [-0.1, -0.05) is 0 Å². The highest BCUT2D eigenvalue weighted by molar-refractivity contribution is 5.76. The summed E-state index contributed by atoms with van der Waals surface area (Å²) in [5.74, 6) is 1.61. The van der Waals surface area contributed by atoms with Gasteiger partial charge in [0.25, 0.3) is 0 Å². The molecule has 3 heterocycles. The van der Waals surface area contributed by atoms with Crippen molar-refractivity contribution in [2.45, 2.75) is 52.0 Å². The second-order valence-corrected chi connectivity index (χ2v) is 7.42. The summed E-state index contributed by atoms with van der Waals surface area (Å²) in [4.78, 5) is 19.4. The van der Waals surface area contributed by atoms with E-state index in [2.05, 4.69) is 21.6 Å². The summed E-state index contributed by atoms with van der Waals surface area (Å²) in [6.07, 6.45) is 7.25. The van der Waals surface area contributed by atoms with Crippen LogP contribution in [0.5, 0.6) is 0 Å². The van der Waals surface area contributed by atoms with Crippen molar-refractivity contribution < 1.29 is 9.53 Å². The number of aryl methyl sites for hydroxylation is 2. The first-order chi connectivity index (χ1) is 13.0. The van der Waals surface area contributed by atoms with Crippen LogP contribution in [0.15, 0.2) is 12.4 Å². The molecule has 1 aliphatic heterocycles. The van der Waals surface area contributed by atoms with Crippen LogP contribution in [0.25, 0.3) is 0 Å². The van der Waals surface area contributed by atoms with Crippen LogP contribution in [0.3, 0.4) is 0 Å². The number of carbonyl (C=O) groups excluding carboxylic acids is 1. The Labute approximate surface area is 161 Å². The number of likely N-dealkylation sites (tertiary alicyclic amines) is 1. The van der Waals surface area contributed by atoms with E-state index in [0.29, 0.717) is 18.9 Å². The fourth-order valence-corrected chi connectivity index (χ4v) is 4.04. The summed E-state index contributed by atoms with van der Waals surface area (Å²) in [6.45, 7) is 7.16. The summed E-state index contributed by atoms with van der Waals surface area (Å²) < 4.78 is 9.24. The van der Waals surface area contributed by atoms with Crippen molar-refractivity contribution in [2.75, 3.05) is 26.8 Å². The Balaban J connectivity index is 1.60. The van der Waals surface area contributed by atoms with Crippen molar-refractivity contribution in [2.24, 2.45) is 7.05 Å². The third kappa shape index (κ3) is 4.40. The number of hydrogen-bond donors (Lipinski definition) is 0. The van der Waals surface area contributed by atoms with Crippen molar-refractivity contribution in [1.82, 2.24) is 24.2 Å². The molecule has 0 aromatic carbocycles. The zero-order chi connectivity index (χ0) is 19.4. The molecule has 1 fully saturated rings. The molecule has 1 aliphatic rings. The first kappa shape index (κ1) is 19.6. The molecule has 1 saturated heterocycles. The number of rotatable bonds is 7. The Kier molecular flexibility index (Phi) is 6.31. The lowest BCUT2D eigenvalue weighted by Crippen LogP contribution is -2.40. The highest BCUT2D eigenvalue weighted by Gasteiger charge is 2.27. The summed E-state index contributed by atoms with van der Waals surface area (Å²) in [7, 11) is 3.66. The summed E-state index contributed by atoms with van der Waals surface area (Å²) >= 11 is 0. The molecule has 0 spiro atoms. The molecule has 0 radical (unpaired) electrons. The molecule has 1 unspecified atom stereocenters. The van der Waals surface area contributed by atoms with Crippen molar-refractivity contribution in [3.8, 4) is 0 Å². The maximum Gasteiger partial charge on any atom is 0.222 e. The van der Waals surface area contributed by atoms with E-state index >= 15 is 0 Å². The van der Waals surface area contributed by atoms with Gasteiger partial charge in [-0.25, -0.2) is 4.98 Å². The largest absolute Gasteiger partial charge is 0.383 e. The van der Waals surface area contributed by atoms with Crippen LogP contribution in [0.2, 0.25) is 0 Å². The van der Waals surface area contributed by atoms with E-state index in [1.807, 2.05) is 35.9 Å². The van der Waals surface area contributed by atoms with E-state index in [0.717, 1.165) is 56.1 Å². The van der Waals surface area contributed by atoms with Crippen LogP contribution < -0.4 is 0 Å². The molecule has 7 heteroatoms. The minimum absolute atomic E-state index is 0.234. The highest BCUT2D eigenvalue weighted by Crippen LogP contribution is 2.26. The maximum atomic E-state index is 12.8. The number of ether oxygens (including phenoxy) is 1. The lowest BCUT2D eigenvalue weighted by molar-refractivity contribution is -0.132. The molecule has 148 valence electrons. The lowest BCUT2D eigenvalue weighted by atomic mass is 9.96. The molecule has 2 aromatic heterocycles. The minimum Gasteiger partial charge on any atom is -0.383 e. The molecule has 0 aliphatic carbocycles. The molecule has 1 atom stereocenters. The number of piperidine rings is 1. The molecule has 27 heavy (non-hydrogen) atoms. The lowest BCUT2D eigenvalue weighted by Gasteiger charge is -2.33. The number of imidazole rings is 1. The average molecular weight is 374 g/mol. The van der Waals surface area contributed by atoms with Crippen molar-refractivity contribution in [3.05, 3.63) is 35.2 Å². The number of carbonyl (C=O) groups is 1. The Hall–Kier alpha value is -2.15. The molecular weight excluding hydrogens is 342 g/mol. The first-order valence-electron chi connectivity index (χ1n) is 9.78. The summed E-state index contributed by atoms with van der Waals surface area (Å²) in [6, 6.07) is 0.